The maximum Gasteiger partial charge on any atom is 0.416 e. The number of benzene rings is 2. The molecule has 2 heterocycles. The Hall–Kier alpha value is -2.05. The third-order valence-electron chi connectivity index (χ3n) is 4.41. The molecule has 0 bridgehead atoms. The molecule has 0 spiro atoms. The van der Waals surface area contributed by atoms with Crippen molar-refractivity contribution in [3.8, 4) is 0 Å². The third-order valence-corrected chi connectivity index (χ3v) is 4.64. The van der Waals surface area contributed by atoms with Gasteiger partial charge in [-0.05, 0) is 30.3 Å². The van der Waals surface area contributed by atoms with Crippen molar-refractivity contribution >= 4 is 17.5 Å². The van der Waals surface area contributed by atoms with Gasteiger partial charge in [0.05, 0.1) is 12.2 Å². The molecule has 7 heteroatoms. The second-order valence-electron chi connectivity index (χ2n) is 5.72. The topological polar surface area (TPSA) is 29.5 Å². The fraction of sp³-hybridized carbons (Fsp3) is 0.235. The average molecular weight is 354 g/mol. The van der Waals surface area contributed by atoms with Crippen molar-refractivity contribution in [1.29, 1.82) is 0 Å². The molecule has 0 aromatic heterocycles. The molecule has 3 nitrogen and oxygen atoms in total. The lowest BCUT2D eigenvalue weighted by Crippen LogP contribution is -2.40. The summed E-state index contributed by atoms with van der Waals surface area (Å²) in [6, 6.07) is 9.63. The zero-order valence-electron chi connectivity index (χ0n) is 12.2. The van der Waals surface area contributed by atoms with Gasteiger partial charge in [0.1, 0.15) is 0 Å². The highest BCUT2D eigenvalue weighted by Crippen LogP contribution is 2.49. The standard InChI is InChI=1S/C17H11ClF3NO2/c18-12-4-5-13-14(9-12)16(22(15(13)23)6-7-24-16)10-2-1-3-11(8-10)17(19,20)21/h1-5,8-9H,6-7H2. The van der Waals surface area contributed by atoms with E-state index in [1.807, 2.05) is 0 Å². The number of alkyl halides is 3. The fourth-order valence-electron chi connectivity index (χ4n) is 3.42. The van der Waals surface area contributed by atoms with Crippen LogP contribution >= 0.6 is 11.6 Å². The second-order valence-corrected chi connectivity index (χ2v) is 6.15. The van der Waals surface area contributed by atoms with E-state index in [9.17, 15) is 18.0 Å². The number of amides is 1. The van der Waals surface area contributed by atoms with Gasteiger partial charge in [-0.2, -0.15) is 13.2 Å². The molecule has 24 heavy (non-hydrogen) atoms. The lowest BCUT2D eigenvalue weighted by atomic mass is 9.92. The van der Waals surface area contributed by atoms with Gasteiger partial charge in [0, 0.05) is 28.3 Å². The Labute approximate surface area is 140 Å². The van der Waals surface area contributed by atoms with Gasteiger partial charge in [-0.3, -0.25) is 9.69 Å². The van der Waals surface area contributed by atoms with E-state index in [1.165, 1.54) is 17.0 Å². The number of carbonyl (C=O) groups excluding carboxylic acids is 1. The number of fused-ring (bicyclic) bond motifs is 3. The van der Waals surface area contributed by atoms with Crippen LogP contribution < -0.4 is 0 Å². The summed E-state index contributed by atoms with van der Waals surface area (Å²) in [5.74, 6) is -0.267. The van der Waals surface area contributed by atoms with E-state index in [1.54, 1.807) is 18.2 Å². The number of ether oxygens (including phenoxy) is 1. The van der Waals surface area contributed by atoms with Crippen LogP contribution in [-0.4, -0.2) is 24.0 Å². The first kappa shape index (κ1) is 15.5. The van der Waals surface area contributed by atoms with Crippen LogP contribution in [0.25, 0.3) is 0 Å². The molecule has 1 saturated heterocycles. The zero-order valence-corrected chi connectivity index (χ0v) is 13.0. The molecule has 2 aliphatic rings. The van der Waals surface area contributed by atoms with E-state index in [0.717, 1.165) is 12.1 Å². The van der Waals surface area contributed by atoms with Crippen molar-refractivity contribution in [1.82, 2.24) is 4.90 Å². The Morgan fingerprint density at radius 1 is 1.17 bits per heavy atom. The summed E-state index contributed by atoms with van der Waals surface area (Å²) in [6.07, 6.45) is -4.48. The average Bonchev–Trinajstić information content (AvgIpc) is 3.07. The lowest BCUT2D eigenvalue weighted by molar-refractivity contribution is -0.137. The van der Waals surface area contributed by atoms with E-state index in [2.05, 4.69) is 0 Å². The highest BCUT2D eigenvalue weighted by molar-refractivity contribution is 6.30. The van der Waals surface area contributed by atoms with Crippen LogP contribution in [0.1, 0.15) is 27.0 Å². The number of rotatable bonds is 1. The predicted octanol–water partition coefficient (Wildman–Crippen LogP) is 4.05. The van der Waals surface area contributed by atoms with Gasteiger partial charge in [-0.15, -0.1) is 0 Å². The monoisotopic (exact) mass is 353 g/mol. The molecule has 0 N–H and O–H groups in total. The minimum atomic E-state index is -4.48. The molecule has 0 aliphatic carbocycles. The van der Waals surface area contributed by atoms with E-state index in [4.69, 9.17) is 16.3 Å². The van der Waals surface area contributed by atoms with E-state index in [-0.39, 0.29) is 18.1 Å². The molecule has 2 aromatic rings. The number of halogens is 4. The molecule has 2 aromatic carbocycles. The molecule has 2 aliphatic heterocycles. The highest BCUT2D eigenvalue weighted by Gasteiger charge is 2.55. The van der Waals surface area contributed by atoms with Gasteiger partial charge in [0.15, 0.2) is 5.72 Å². The van der Waals surface area contributed by atoms with Crippen LogP contribution in [0.3, 0.4) is 0 Å². The molecule has 1 fully saturated rings. The molecule has 1 unspecified atom stereocenters. The van der Waals surface area contributed by atoms with Gasteiger partial charge < -0.3 is 4.74 Å². The molecule has 0 radical (unpaired) electrons. The van der Waals surface area contributed by atoms with Crippen molar-refractivity contribution in [2.75, 3.05) is 13.2 Å². The second kappa shape index (κ2) is 4.97. The third kappa shape index (κ3) is 1.99. The minimum Gasteiger partial charge on any atom is -0.345 e. The SMILES string of the molecule is O=C1c2ccc(Cl)cc2C2(c3cccc(C(F)(F)F)c3)OCCN12. The molecule has 0 saturated carbocycles. The summed E-state index contributed by atoms with van der Waals surface area (Å²) in [7, 11) is 0. The largest absolute Gasteiger partial charge is 0.416 e. The van der Waals surface area contributed by atoms with Crippen LogP contribution in [0.5, 0.6) is 0 Å². The normalized spacial score (nSPS) is 22.7. The molecule has 1 amide bonds. The highest BCUT2D eigenvalue weighted by atomic mass is 35.5. The Morgan fingerprint density at radius 2 is 1.96 bits per heavy atom. The van der Waals surface area contributed by atoms with Crippen molar-refractivity contribution in [3.05, 3.63) is 69.7 Å². The predicted molar refractivity (Wildman–Crippen MR) is 80.7 cm³/mol. The summed E-state index contributed by atoms with van der Waals surface area (Å²) >= 11 is 6.05. The maximum atomic E-state index is 13.1. The first-order valence-corrected chi connectivity index (χ1v) is 7.65. The fourth-order valence-corrected chi connectivity index (χ4v) is 3.59. The van der Waals surface area contributed by atoms with Crippen LogP contribution in [-0.2, 0) is 16.6 Å². The quantitative estimate of drug-likeness (QED) is 0.774. The summed E-state index contributed by atoms with van der Waals surface area (Å²) in [4.78, 5) is 14.1. The Bertz CT molecular complexity index is 852. The van der Waals surface area contributed by atoms with E-state index < -0.39 is 17.5 Å². The Morgan fingerprint density at radius 3 is 2.71 bits per heavy atom. The molecule has 4 rings (SSSR count). The van der Waals surface area contributed by atoms with Gasteiger partial charge in [0.25, 0.3) is 5.91 Å². The molecular weight excluding hydrogens is 343 g/mol. The zero-order chi connectivity index (χ0) is 17.1. The van der Waals surface area contributed by atoms with Crippen molar-refractivity contribution in [2.45, 2.75) is 11.9 Å². The van der Waals surface area contributed by atoms with Crippen molar-refractivity contribution in [2.24, 2.45) is 0 Å². The van der Waals surface area contributed by atoms with Gasteiger partial charge in [-0.25, -0.2) is 0 Å². The van der Waals surface area contributed by atoms with Gasteiger partial charge in [0.2, 0.25) is 0 Å². The molecular formula is C17H11ClF3NO2. The Kier molecular flexibility index (Phi) is 3.21. The van der Waals surface area contributed by atoms with Crippen molar-refractivity contribution in [3.63, 3.8) is 0 Å². The summed E-state index contributed by atoms with van der Waals surface area (Å²) in [5.41, 5.74) is -0.983. The summed E-state index contributed by atoms with van der Waals surface area (Å²) in [6.45, 7) is 0.551. The van der Waals surface area contributed by atoms with Gasteiger partial charge >= 0.3 is 6.18 Å². The van der Waals surface area contributed by atoms with Crippen molar-refractivity contribution < 1.29 is 22.7 Å². The summed E-state index contributed by atoms with van der Waals surface area (Å²) < 4.78 is 45.1. The van der Waals surface area contributed by atoms with Crippen LogP contribution in [0.15, 0.2) is 42.5 Å². The van der Waals surface area contributed by atoms with Crippen LogP contribution in [0.4, 0.5) is 13.2 Å². The first-order valence-electron chi connectivity index (χ1n) is 7.28. The number of hydrogen-bond acceptors (Lipinski definition) is 2. The van der Waals surface area contributed by atoms with E-state index in [0.29, 0.717) is 22.7 Å². The Balaban J connectivity index is 1.97. The molecule has 124 valence electrons. The number of hydrogen-bond donors (Lipinski definition) is 0. The first-order chi connectivity index (χ1) is 11.3. The lowest BCUT2D eigenvalue weighted by Gasteiger charge is -2.32. The summed E-state index contributed by atoms with van der Waals surface area (Å²) in [5, 5.41) is 0.394. The number of nitrogens with zero attached hydrogens (tertiary/aromatic N) is 1. The van der Waals surface area contributed by atoms with Crippen LogP contribution in [0, 0.1) is 0 Å². The van der Waals surface area contributed by atoms with E-state index >= 15 is 0 Å². The molecule has 1 atom stereocenters. The maximum absolute atomic E-state index is 13.1. The smallest absolute Gasteiger partial charge is 0.345 e. The van der Waals surface area contributed by atoms with Crippen LogP contribution in [0.2, 0.25) is 5.02 Å². The van der Waals surface area contributed by atoms with Gasteiger partial charge in [-0.1, -0.05) is 23.7 Å². The minimum absolute atomic E-state index is 0.244. The number of carbonyl (C=O) groups is 1.